The summed E-state index contributed by atoms with van der Waals surface area (Å²) in [6, 6.07) is 7.85. The summed E-state index contributed by atoms with van der Waals surface area (Å²) in [5.41, 5.74) is 3.01. The van der Waals surface area contributed by atoms with E-state index in [0.717, 1.165) is 29.9 Å². The van der Waals surface area contributed by atoms with Crippen LogP contribution in [0.4, 0.5) is 5.69 Å². The van der Waals surface area contributed by atoms with Crippen molar-refractivity contribution in [1.82, 2.24) is 4.98 Å². The van der Waals surface area contributed by atoms with Crippen molar-refractivity contribution in [2.24, 2.45) is 0 Å². The monoisotopic (exact) mass is 242 g/mol. The minimum Gasteiger partial charge on any atom is -0.379 e. The molecule has 0 spiro atoms. The summed E-state index contributed by atoms with van der Waals surface area (Å²) in [4.78, 5) is 4.50. The van der Waals surface area contributed by atoms with Crippen LogP contribution in [0.2, 0.25) is 0 Å². The van der Waals surface area contributed by atoms with Gasteiger partial charge in [-0.2, -0.15) is 0 Å². The third-order valence-electron chi connectivity index (χ3n) is 2.40. The standard InChI is InChI=1S/C14H14N2S/c1-3-11-6-5-7-12(8-11)15-9-13-10-17-14(4-2)16-13/h1,5-8,10,15H,4,9H2,2H3. The third kappa shape index (κ3) is 3.08. The molecule has 0 fully saturated rings. The summed E-state index contributed by atoms with van der Waals surface area (Å²) in [6.07, 6.45) is 6.36. The van der Waals surface area contributed by atoms with Crippen molar-refractivity contribution < 1.29 is 0 Å². The average Bonchev–Trinajstić information content (AvgIpc) is 2.84. The molecule has 1 aromatic heterocycles. The number of nitrogens with one attached hydrogen (secondary N) is 1. The number of hydrogen-bond acceptors (Lipinski definition) is 3. The van der Waals surface area contributed by atoms with Crippen molar-refractivity contribution in [2.45, 2.75) is 19.9 Å². The highest BCUT2D eigenvalue weighted by atomic mass is 32.1. The van der Waals surface area contributed by atoms with E-state index >= 15 is 0 Å². The van der Waals surface area contributed by atoms with Crippen LogP contribution in [0.1, 0.15) is 23.2 Å². The van der Waals surface area contributed by atoms with Gasteiger partial charge in [-0.15, -0.1) is 17.8 Å². The Morgan fingerprint density at radius 3 is 3.06 bits per heavy atom. The Kier molecular flexibility index (Phi) is 3.79. The quantitative estimate of drug-likeness (QED) is 0.832. The Morgan fingerprint density at radius 1 is 1.47 bits per heavy atom. The molecule has 2 nitrogen and oxygen atoms in total. The van der Waals surface area contributed by atoms with Gasteiger partial charge in [0, 0.05) is 16.6 Å². The lowest BCUT2D eigenvalue weighted by Gasteiger charge is -2.04. The first-order chi connectivity index (χ1) is 8.31. The minimum absolute atomic E-state index is 0.741. The van der Waals surface area contributed by atoms with Crippen LogP contribution in [-0.2, 0) is 13.0 Å². The van der Waals surface area contributed by atoms with Crippen molar-refractivity contribution in [1.29, 1.82) is 0 Å². The second-order valence-electron chi connectivity index (χ2n) is 3.66. The molecule has 17 heavy (non-hydrogen) atoms. The van der Waals surface area contributed by atoms with Crippen molar-refractivity contribution in [3.05, 3.63) is 45.9 Å². The highest BCUT2D eigenvalue weighted by Crippen LogP contribution is 2.14. The van der Waals surface area contributed by atoms with Crippen LogP contribution in [0.5, 0.6) is 0 Å². The molecule has 0 bridgehead atoms. The molecular formula is C14H14N2S. The SMILES string of the molecule is C#Cc1cccc(NCc2csc(CC)n2)c1. The summed E-state index contributed by atoms with van der Waals surface area (Å²) in [7, 11) is 0. The molecule has 0 saturated carbocycles. The number of rotatable bonds is 4. The van der Waals surface area contributed by atoms with Gasteiger partial charge in [-0.25, -0.2) is 4.98 Å². The molecule has 2 rings (SSSR count). The van der Waals surface area contributed by atoms with Gasteiger partial charge in [-0.05, 0) is 24.6 Å². The van der Waals surface area contributed by atoms with E-state index in [0.29, 0.717) is 0 Å². The molecule has 2 aromatic rings. The number of thiazole rings is 1. The predicted octanol–water partition coefficient (Wildman–Crippen LogP) is 3.30. The van der Waals surface area contributed by atoms with Crippen LogP contribution in [0.15, 0.2) is 29.6 Å². The maximum atomic E-state index is 5.36. The third-order valence-corrected chi connectivity index (χ3v) is 3.45. The Hall–Kier alpha value is -1.79. The zero-order valence-corrected chi connectivity index (χ0v) is 10.6. The van der Waals surface area contributed by atoms with E-state index in [1.165, 1.54) is 5.01 Å². The van der Waals surface area contributed by atoms with Crippen LogP contribution in [0.25, 0.3) is 0 Å². The summed E-state index contributed by atoms with van der Waals surface area (Å²) < 4.78 is 0. The molecule has 86 valence electrons. The van der Waals surface area contributed by atoms with Crippen molar-refractivity contribution in [3.63, 3.8) is 0 Å². The van der Waals surface area contributed by atoms with E-state index < -0.39 is 0 Å². The highest BCUT2D eigenvalue weighted by Gasteiger charge is 2.00. The molecule has 0 saturated heterocycles. The molecular weight excluding hydrogens is 228 g/mol. The molecule has 3 heteroatoms. The summed E-state index contributed by atoms with van der Waals surface area (Å²) in [6.45, 7) is 2.86. The lowest BCUT2D eigenvalue weighted by atomic mass is 10.2. The molecule has 1 aromatic carbocycles. The Labute approximate surface area is 106 Å². The fraction of sp³-hybridized carbons (Fsp3) is 0.214. The van der Waals surface area contributed by atoms with Gasteiger partial charge < -0.3 is 5.32 Å². The van der Waals surface area contributed by atoms with Gasteiger partial charge in [0.25, 0.3) is 0 Å². The van der Waals surface area contributed by atoms with Crippen LogP contribution in [-0.4, -0.2) is 4.98 Å². The number of nitrogens with zero attached hydrogens (tertiary/aromatic N) is 1. The fourth-order valence-corrected chi connectivity index (χ4v) is 2.25. The zero-order chi connectivity index (χ0) is 12.1. The van der Waals surface area contributed by atoms with Gasteiger partial charge in [0.2, 0.25) is 0 Å². The Morgan fingerprint density at radius 2 is 2.35 bits per heavy atom. The maximum Gasteiger partial charge on any atom is 0.0926 e. The van der Waals surface area contributed by atoms with Gasteiger partial charge >= 0.3 is 0 Å². The first-order valence-corrected chi connectivity index (χ1v) is 6.43. The van der Waals surface area contributed by atoms with E-state index in [-0.39, 0.29) is 0 Å². The second-order valence-corrected chi connectivity index (χ2v) is 4.61. The molecule has 0 atom stereocenters. The van der Waals surface area contributed by atoms with Gasteiger partial charge in [-0.3, -0.25) is 0 Å². The van der Waals surface area contributed by atoms with Crippen molar-refractivity contribution in [2.75, 3.05) is 5.32 Å². The lowest BCUT2D eigenvalue weighted by molar-refractivity contribution is 1.01. The molecule has 0 radical (unpaired) electrons. The van der Waals surface area contributed by atoms with E-state index in [9.17, 15) is 0 Å². The van der Waals surface area contributed by atoms with E-state index in [1.54, 1.807) is 11.3 Å². The number of aromatic nitrogens is 1. The summed E-state index contributed by atoms with van der Waals surface area (Å²) >= 11 is 1.71. The van der Waals surface area contributed by atoms with Crippen LogP contribution in [0.3, 0.4) is 0 Å². The first kappa shape index (κ1) is 11.7. The largest absolute Gasteiger partial charge is 0.379 e. The molecule has 1 heterocycles. The fourth-order valence-electron chi connectivity index (χ4n) is 1.50. The van der Waals surface area contributed by atoms with E-state index in [4.69, 9.17) is 6.42 Å². The number of anilines is 1. The van der Waals surface area contributed by atoms with Gasteiger partial charge in [-0.1, -0.05) is 18.9 Å². The topological polar surface area (TPSA) is 24.9 Å². The lowest BCUT2D eigenvalue weighted by Crippen LogP contribution is -2.00. The molecule has 0 amide bonds. The van der Waals surface area contributed by atoms with E-state index in [1.807, 2.05) is 24.3 Å². The van der Waals surface area contributed by atoms with E-state index in [2.05, 4.69) is 28.5 Å². The molecule has 0 aliphatic heterocycles. The summed E-state index contributed by atoms with van der Waals surface area (Å²) in [5.74, 6) is 2.63. The first-order valence-electron chi connectivity index (χ1n) is 5.55. The van der Waals surface area contributed by atoms with Crippen LogP contribution >= 0.6 is 11.3 Å². The number of aryl methyl sites for hydroxylation is 1. The predicted molar refractivity (Wildman–Crippen MR) is 73.2 cm³/mol. The smallest absolute Gasteiger partial charge is 0.0926 e. The highest BCUT2D eigenvalue weighted by molar-refractivity contribution is 7.09. The zero-order valence-electron chi connectivity index (χ0n) is 9.73. The minimum atomic E-state index is 0.741. The molecule has 1 N–H and O–H groups in total. The van der Waals surface area contributed by atoms with Crippen LogP contribution in [0, 0.1) is 12.3 Å². The number of benzene rings is 1. The van der Waals surface area contributed by atoms with Crippen LogP contribution < -0.4 is 5.32 Å². The normalized spacial score (nSPS) is 9.88. The number of terminal acetylenes is 1. The van der Waals surface area contributed by atoms with Gasteiger partial charge in [0.1, 0.15) is 0 Å². The van der Waals surface area contributed by atoms with Crippen molar-refractivity contribution >= 4 is 17.0 Å². The molecule has 0 aliphatic carbocycles. The molecule has 0 aliphatic rings. The van der Waals surface area contributed by atoms with Crippen molar-refractivity contribution in [3.8, 4) is 12.3 Å². The second kappa shape index (κ2) is 5.51. The Balaban J connectivity index is 1.99. The maximum absolute atomic E-state index is 5.36. The van der Waals surface area contributed by atoms with Gasteiger partial charge in [0.15, 0.2) is 0 Å². The molecule has 0 unspecified atom stereocenters. The Bertz CT molecular complexity index is 537. The average molecular weight is 242 g/mol. The van der Waals surface area contributed by atoms with Gasteiger partial charge in [0.05, 0.1) is 17.2 Å². The number of hydrogen-bond donors (Lipinski definition) is 1. The summed E-state index contributed by atoms with van der Waals surface area (Å²) in [5, 5.41) is 6.60.